The van der Waals surface area contributed by atoms with Gasteiger partial charge in [-0.25, -0.2) is 4.79 Å². The molecule has 8 heteroatoms. The summed E-state index contributed by atoms with van der Waals surface area (Å²) in [5, 5.41) is 0. The molecule has 178 valence electrons. The monoisotopic (exact) mass is 456 g/mol. The molecule has 8 nitrogen and oxygen atoms in total. The predicted molar refractivity (Wildman–Crippen MR) is 124 cm³/mol. The second-order valence-electron chi connectivity index (χ2n) is 8.29. The lowest BCUT2D eigenvalue weighted by Gasteiger charge is -2.31. The molecule has 2 aromatic rings. The molecule has 0 N–H and O–H groups in total. The molecular weight excluding hydrogens is 424 g/mol. The third-order valence-corrected chi connectivity index (χ3v) is 6.33. The van der Waals surface area contributed by atoms with Gasteiger partial charge in [-0.1, -0.05) is 6.92 Å². The Morgan fingerprint density at radius 3 is 2.64 bits per heavy atom. The van der Waals surface area contributed by atoms with Crippen LogP contribution in [0.4, 0.5) is 0 Å². The highest BCUT2D eigenvalue weighted by Crippen LogP contribution is 2.41. The van der Waals surface area contributed by atoms with E-state index in [0.717, 1.165) is 62.5 Å². The minimum Gasteiger partial charge on any atom is -0.493 e. The topological polar surface area (TPSA) is 79.2 Å². The van der Waals surface area contributed by atoms with Gasteiger partial charge in [0.25, 0.3) is 0 Å². The fourth-order valence-electron chi connectivity index (χ4n) is 4.51. The van der Waals surface area contributed by atoms with Crippen LogP contribution in [0.15, 0.2) is 29.2 Å². The van der Waals surface area contributed by atoms with E-state index >= 15 is 0 Å². The van der Waals surface area contributed by atoms with Crippen LogP contribution in [-0.4, -0.2) is 68.6 Å². The third-order valence-electron chi connectivity index (χ3n) is 6.33. The molecule has 1 aromatic heterocycles. The first-order valence-corrected chi connectivity index (χ1v) is 11.6. The summed E-state index contributed by atoms with van der Waals surface area (Å²) in [4.78, 5) is 27.3. The molecule has 2 aliphatic heterocycles. The molecule has 1 aromatic carbocycles. The van der Waals surface area contributed by atoms with Gasteiger partial charge >= 0.3 is 5.97 Å². The van der Waals surface area contributed by atoms with Crippen molar-refractivity contribution in [3.63, 3.8) is 0 Å². The number of esters is 1. The number of rotatable bonds is 8. The molecule has 1 saturated heterocycles. The molecule has 33 heavy (non-hydrogen) atoms. The molecule has 1 unspecified atom stereocenters. The molecule has 0 saturated carbocycles. The number of aromatic nitrogens is 1. The molecule has 0 amide bonds. The molecule has 1 fully saturated rings. The maximum atomic E-state index is 12.7. The molecule has 0 bridgehead atoms. The highest BCUT2D eigenvalue weighted by atomic mass is 16.5. The van der Waals surface area contributed by atoms with E-state index < -0.39 is 5.97 Å². The van der Waals surface area contributed by atoms with Gasteiger partial charge in [-0.2, -0.15) is 0 Å². The Bertz CT molecular complexity index is 1060. The first-order valence-electron chi connectivity index (χ1n) is 11.6. The van der Waals surface area contributed by atoms with E-state index in [1.54, 1.807) is 20.2 Å². The van der Waals surface area contributed by atoms with Crippen molar-refractivity contribution >= 4 is 5.97 Å². The zero-order valence-corrected chi connectivity index (χ0v) is 19.6. The van der Waals surface area contributed by atoms with Gasteiger partial charge in [0.05, 0.1) is 32.6 Å². The smallest absolute Gasteiger partial charge is 0.343 e. The van der Waals surface area contributed by atoms with E-state index in [-0.39, 0.29) is 23.6 Å². The highest BCUT2D eigenvalue weighted by molar-refractivity contribution is 5.89. The van der Waals surface area contributed by atoms with E-state index in [2.05, 4.69) is 11.8 Å². The Labute approximate surface area is 194 Å². The van der Waals surface area contributed by atoms with Gasteiger partial charge in [0.15, 0.2) is 16.9 Å². The lowest BCUT2D eigenvalue weighted by molar-refractivity contribution is 0.0321. The van der Waals surface area contributed by atoms with Crippen molar-refractivity contribution in [3.05, 3.63) is 45.7 Å². The maximum absolute atomic E-state index is 12.7. The molecule has 0 spiro atoms. The number of hydrogen-bond acceptors (Lipinski definition) is 7. The van der Waals surface area contributed by atoms with Crippen LogP contribution in [0.3, 0.4) is 0 Å². The number of carbonyl (C=O) groups excluding carboxylic acids is 1. The molecule has 0 aliphatic carbocycles. The van der Waals surface area contributed by atoms with E-state index in [1.165, 1.54) is 6.07 Å². The number of morpholine rings is 1. The summed E-state index contributed by atoms with van der Waals surface area (Å²) >= 11 is 0. The van der Waals surface area contributed by atoms with Crippen LogP contribution in [0, 0.1) is 0 Å². The zero-order chi connectivity index (χ0) is 23.4. The fraction of sp³-hybridized carbons (Fsp3) is 0.520. The molecule has 2 aliphatic rings. The average molecular weight is 457 g/mol. The van der Waals surface area contributed by atoms with E-state index in [4.69, 9.17) is 18.9 Å². The first-order chi connectivity index (χ1) is 16.0. The summed E-state index contributed by atoms with van der Waals surface area (Å²) in [5.41, 5.74) is 2.53. The Morgan fingerprint density at radius 2 is 1.94 bits per heavy atom. The number of pyridine rings is 1. The van der Waals surface area contributed by atoms with Crippen LogP contribution in [0.25, 0.3) is 11.3 Å². The van der Waals surface area contributed by atoms with E-state index in [1.807, 2.05) is 16.7 Å². The van der Waals surface area contributed by atoms with Gasteiger partial charge < -0.3 is 23.5 Å². The van der Waals surface area contributed by atoms with Crippen molar-refractivity contribution in [3.8, 4) is 22.8 Å². The van der Waals surface area contributed by atoms with Crippen molar-refractivity contribution in [2.75, 3.05) is 53.2 Å². The van der Waals surface area contributed by atoms with Crippen molar-refractivity contribution < 1.29 is 23.7 Å². The molecule has 3 heterocycles. The summed E-state index contributed by atoms with van der Waals surface area (Å²) in [7, 11) is 1.62. The summed E-state index contributed by atoms with van der Waals surface area (Å²) < 4.78 is 24.2. The zero-order valence-electron chi connectivity index (χ0n) is 19.6. The molecular formula is C25H32N2O6. The lowest BCUT2D eigenvalue weighted by atomic mass is 9.90. The number of nitrogens with zero attached hydrogens (tertiary/aromatic N) is 2. The lowest BCUT2D eigenvalue weighted by Crippen LogP contribution is -2.38. The predicted octanol–water partition coefficient (Wildman–Crippen LogP) is 2.92. The minimum absolute atomic E-state index is 0.0672. The second-order valence-corrected chi connectivity index (χ2v) is 8.29. The van der Waals surface area contributed by atoms with Crippen molar-refractivity contribution in [1.82, 2.24) is 9.47 Å². The second kappa shape index (κ2) is 10.4. The van der Waals surface area contributed by atoms with Crippen LogP contribution in [0.2, 0.25) is 0 Å². The quantitative estimate of drug-likeness (QED) is 0.565. The number of carbonyl (C=O) groups is 1. The number of methoxy groups -OCH3 is 1. The van der Waals surface area contributed by atoms with E-state index in [0.29, 0.717) is 18.1 Å². The van der Waals surface area contributed by atoms with Crippen LogP contribution in [-0.2, 0) is 15.9 Å². The first kappa shape index (κ1) is 23.3. The summed E-state index contributed by atoms with van der Waals surface area (Å²) in [6, 6.07) is 5.62. The van der Waals surface area contributed by atoms with Gasteiger partial charge in [0.2, 0.25) is 0 Å². The van der Waals surface area contributed by atoms with Crippen LogP contribution in [0.1, 0.15) is 42.2 Å². The maximum Gasteiger partial charge on any atom is 0.343 e. The normalized spacial score (nSPS) is 17.7. The van der Waals surface area contributed by atoms with Crippen LogP contribution < -0.4 is 14.9 Å². The molecule has 4 rings (SSSR count). The van der Waals surface area contributed by atoms with Gasteiger partial charge in [-0.05, 0) is 37.5 Å². The fourth-order valence-corrected chi connectivity index (χ4v) is 4.51. The van der Waals surface area contributed by atoms with Crippen molar-refractivity contribution in [2.45, 2.75) is 32.7 Å². The SMILES string of the molecule is CCOC(=O)c1cn2c(cc1=O)-c1cc(OC)c(OCCN3CCOCC3)cc1CC2CC. The summed E-state index contributed by atoms with van der Waals surface area (Å²) in [5.74, 6) is 0.748. The Morgan fingerprint density at radius 1 is 1.15 bits per heavy atom. The van der Waals surface area contributed by atoms with E-state index in [9.17, 15) is 9.59 Å². The average Bonchev–Trinajstić information content (AvgIpc) is 2.83. The standard InChI is InChI=1S/C25H32N2O6/c1-4-18-12-17-13-24(33-11-8-26-6-9-31-10-7-26)23(30-3)14-19(17)21-15-22(28)20(16-27(18)21)25(29)32-5-2/h13-16,18H,4-12H2,1-3H3. The molecule has 1 atom stereocenters. The highest BCUT2D eigenvalue weighted by Gasteiger charge is 2.27. The number of hydrogen-bond donors (Lipinski definition) is 0. The van der Waals surface area contributed by atoms with Gasteiger partial charge in [0.1, 0.15) is 12.2 Å². The van der Waals surface area contributed by atoms with Crippen molar-refractivity contribution in [1.29, 1.82) is 0 Å². The van der Waals surface area contributed by atoms with Crippen molar-refractivity contribution in [2.24, 2.45) is 0 Å². The largest absolute Gasteiger partial charge is 0.493 e. The molecule has 0 radical (unpaired) electrons. The Balaban J connectivity index is 1.64. The summed E-state index contributed by atoms with van der Waals surface area (Å²) in [6.45, 7) is 8.81. The third kappa shape index (κ3) is 4.91. The Hall–Kier alpha value is -2.84. The minimum atomic E-state index is -0.583. The number of benzene rings is 1. The van der Waals surface area contributed by atoms with Gasteiger partial charge in [-0.15, -0.1) is 0 Å². The Kier molecular flexibility index (Phi) is 7.35. The van der Waals surface area contributed by atoms with Crippen LogP contribution in [0.5, 0.6) is 11.5 Å². The number of ether oxygens (including phenoxy) is 4. The van der Waals surface area contributed by atoms with Gasteiger partial charge in [-0.3, -0.25) is 9.69 Å². The van der Waals surface area contributed by atoms with Gasteiger partial charge in [0, 0.05) is 43.5 Å². The number of fused-ring (bicyclic) bond motifs is 3. The summed E-state index contributed by atoms with van der Waals surface area (Å²) in [6.07, 6.45) is 3.27. The van der Waals surface area contributed by atoms with Crippen LogP contribution >= 0.6 is 0 Å².